The molecule has 4 heteroatoms. The molecule has 0 spiro atoms. The number of hydrogen-bond acceptors (Lipinski definition) is 4. The molecule has 0 saturated carbocycles. The molecule has 0 aromatic carbocycles. The Bertz CT molecular complexity index is 541. The standard InChI is InChI=1S/C15H22N2S2/c1-9-6-12(19-10(9)2)11(16)7-14-17-13(8-18-14)15(3,4)5/h6,8,11H,7,16H2,1-5H3. The maximum atomic E-state index is 6.30. The summed E-state index contributed by atoms with van der Waals surface area (Å²) in [4.78, 5) is 7.35. The first-order valence-electron chi connectivity index (χ1n) is 6.55. The second-order valence-corrected chi connectivity index (χ2v) is 8.31. The van der Waals surface area contributed by atoms with Gasteiger partial charge in [-0.2, -0.15) is 0 Å². The van der Waals surface area contributed by atoms with Crippen LogP contribution in [0.25, 0.3) is 0 Å². The highest BCUT2D eigenvalue weighted by atomic mass is 32.1. The normalized spacial score (nSPS) is 13.8. The molecule has 0 aliphatic carbocycles. The van der Waals surface area contributed by atoms with Gasteiger partial charge in [0.05, 0.1) is 10.7 Å². The summed E-state index contributed by atoms with van der Waals surface area (Å²) in [5.41, 5.74) is 8.93. The third-order valence-electron chi connectivity index (χ3n) is 3.27. The lowest BCUT2D eigenvalue weighted by atomic mass is 9.93. The van der Waals surface area contributed by atoms with E-state index in [4.69, 9.17) is 10.7 Å². The number of hydrogen-bond donors (Lipinski definition) is 1. The lowest BCUT2D eigenvalue weighted by Gasteiger charge is -2.14. The summed E-state index contributed by atoms with van der Waals surface area (Å²) >= 11 is 3.53. The van der Waals surface area contributed by atoms with Crippen LogP contribution >= 0.6 is 22.7 Å². The molecule has 2 nitrogen and oxygen atoms in total. The third kappa shape index (κ3) is 3.44. The summed E-state index contributed by atoms with van der Waals surface area (Å²) in [5.74, 6) is 0. The largest absolute Gasteiger partial charge is 0.323 e. The van der Waals surface area contributed by atoms with Crippen molar-refractivity contribution in [1.82, 2.24) is 4.98 Å². The number of aromatic nitrogens is 1. The van der Waals surface area contributed by atoms with Gasteiger partial charge in [-0.05, 0) is 25.5 Å². The minimum atomic E-state index is 0.0661. The predicted molar refractivity (Wildman–Crippen MR) is 85.2 cm³/mol. The van der Waals surface area contributed by atoms with Gasteiger partial charge in [0.2, 0.25) is 0 Å². The van der Waals surface area contributed by atoms with Gasteiger partial charge >= 0.3 is 0 Å². The molecule has 104 valence electrons. The van der Waals surface area contributed by atoms with E-state index in [1.807, 2.05) is 0 Å². The molecule has 0 aliphatic heterocycles. The Morgan fingerprint density at radius 1 is 1.32 bits per heavy atom. The van der Waals surface area contributed by atoms with E-state index < -0.39 is 0 Å². The SMILES string of the molecule is Cc1cc(C(N)Cc2nc(C(C)(C)C)cs2)sc1C. The highest BCUT2D eigenvalue weighted by Gasteiger charge is 2.19. The summed E-state index contributed by atoms with van der Waals surface area (Å²) in [6.45, 7) is 10.9. The van der Waals surface area contributed by atoms with E-state index in [1.54, 1.807) is 22.7 Å². The molecule has 2 N–H and O–H groups in total. The summed E-state index contributed by atoms with van der Waals surface area (Å²) in [7, 11) is 0. The van der Waals surface area contributed by atoms with Gasteiger partial charge in [-0.25, -0.2) is 4.98 Å². The van der Waals surface area contributed by atoms with Crippen molar-refractivity contribution in [2.45, 2.75) is 52.5 Å². The Morgan fingerprint density at radius 2 is 2.00 bits per heavy atom. The van der Waals surface area contributed by atoms with Crippen molar-refractivity contribution in [2.75, 3.05) is 0 Å². The summed E-state index contributed by atoms with van der Waals surface area (Å²) in [6.07, 6.45) is 0.833. The van der Waals surface area contributed by atoms with Crippen LogP contribution in [0.15, 0.2) is 11.4 Å². The number of thiazole rings is 1. The lowest BCUT2D eigenvalue weighted by molar-refractivity contribution is 0.569. The van der Waals surface area contributed by atoms with Crippen molar-refractivity contribution in [1.29, 1.82) is 0 Å². The highest BCUT2D eigenvalue weighted by Crippen LogP contribution is 2.29. The van der Waals surface area contributed by atoms with Crippen LogP contribution in [0.1, 0.15) is 52.8 Å². The van der Waals surface area contributed by atoms with Gasteiger partial charge in [-0.3, -0.25) is 0 Å². The number of aryl methyl sites for hydroxylation is 2. The number of thiophene rings is 1. The molecular formula is C15H22N2S2. The Balaban J connectivity index is 2.11. The van der Waals surface area contributed by atoms with E-state index >= 15 is 0 Å². The topological polar surface area (TPSA) is 38.9 Å². The second kappa shape index (κ2) is 5.35. The molecule has 0 amide bonds. The van der Waals surface area contributed by atoms with Gasteiger partial charge in [0, 0.05) is 33.0 Å². The van der Waals surface area contributed by atoms with Crippen LogP contribution in [-0.2, 0) is 11.8 Å². The molecule has 19 heavy (non-hydrogen) atoms. The first-order chi connectivity index (χ1) is 8.77. The number of rotatable bonds is 3. The van der Waals surface area contributed by atoms with E-state index in [2.05, 4.69) is 46.1 Å². The fourth-order valence-electron chi connectivity index (χ4n) is 1.82. The van der Waals surface area contributed by atoms with Gasteiger partial charge in [-0.1, -0.05) is 20.8 Å². The molecule has 0 saturated heterocycles. The molecule has 1 atom stereocenters. The highest BCUT2D eigenvalue weighted by molar-refractivity contribution is 7.12. The molecule has 0 radical (unpaired) electrons. The molecule has 2 heterocycles. The van der Waals surface area contributed by atoms with Gasteiger partial charge < -0.3 is 5.73 Å². The number of nitrogens with zero attached hydrogens (tertiary/aromatic N) is 1. The van der Waals surface area contributed by atoms with Gasteiger partial charge in [0.25, 0.3) is 0 Å². The Hall–Kier alpha value is -0.710. The van der Waals surface area contributed by atoms with Crippen LogP contribution in [0, 0.1) is 13.8 Å². The monoisotopic (exact) mass is 294 g/mol. The van der Waals surface area contributed by atoms with E-state index in [1.165, 1.54) is 21.0 Å². The molecule has 0 bridgehead atoms. The molecule has 2 aromatic rings. The third-order valence-corrected chi connectivity index (χ3v) is 5.42. The zero-order valence-electron chi connectivity index (χ0n) is 12.3. The first-order valence-corrected chi connectivity index (χ1v) is 8.24. The van der Waals surface area contributed by atoms with Crippen LogP contribution in [0.2, 0.25) is 0 Å². The molecule has 2 aromatic heterocycles. The Labute approximate surface area is 123 Å². The van der Waals surface area contributed by atoms with E-state index in [0.717, 1.165) is 11.4 Å². The van der Waals surface area contributed by atoms with Crippen molar-refractivity contribution in [2.24, 2.45) is 5.73 Å². The van der Waals surface area contributed by atoms with Crippen LogP contribution < -0.4 is 5.73 Å². The van der Waals surface area contributed by atoms with E-state index in [-0.39, 0.29) is 11.5 Å². The molecule has 1 unspecified atom stereocenters. The van der Waals surface area contributed by atoms with Crippen molar-refractivity contribution in [3.05, 3.63) is 37.5 Å². The fourth-order valence-corrected chi connectivity index (χ4v) is 3.95. The predicted octanol–water partition coefficient (Wildman–Crippen LogP) is 4.36. The second-order valence-electron chi connectivity index (χ2n) is 6.08. The Kier molecular flexibility index (Phi) is 4.14. The quantitative estimate of drug-likeness (QED) is 0.913. The van der Waals surface area contributed by atoms with Crippen LogP contribution in [-0.4, -0.2) is 4.98 Å². The molecule has 0 aliphatic rings. The van der Waals surface area contributed by atoms with E-state index in [9.17, 15) is 0 Å². The minimum absolute atomic E-state index is 0.0661. The van der Waals surface area contributed by atoms with Crippen LogP contribution in [0.3, 0.4) is 0 Å². The molecular weight excluding hydrogens is 272 g/mol. The van der Waals surface area contributed by atoms with Gasteiger partial charge in [0.1, 0.15) is 0 Å². The molecule has 2 rings (SSSR count). The Morgan fingerprint density at radius 3 is 2.47 bits per heavy atom. The van der Waals surface area contributed by atoms with Gasteiger partial charge in [0.15, 0.2) is 0 Å². The molecule has 0 fully saturated rings. The first kappa shape index (κ1) is 14.7. The summed E-state index contributed by atoms with van der Waals surface area (Å²) < 4.78 is 0. The van der Waals surface area contributed by atoms with Crippen molar-refractivity contribution in [3.8, 4) is 0 Å². The minimum Gasteiger partial charge on any atom is -0.323 e. The van der Waals surface area contributed by atoms with Crippen molar-refractivity contribution >= 4 is 22.7 Å². The van der Waals surface area contributed by atoms with Crippen molar-refractivity contribution in [3.63, 3.8) is 0 Å². The van der Waals surface area contributed by atoms with Crippen LogP contribution in [0.5, 0.6) is 0 Å². The average Bonchev–Trinajstić information content (AvgIpc) is 2.86. The summed E-state index contributed by atoms with van der Waals surface area (Å²) in [6, 6.07) is 2.28. The summed E-state index contributed by atoms with van der Waals surface area (Å²) in [5, 5.41) is 3.30. The van der Waals surface area contributed by atoms with Crippen LogP contribution in [0.4, 0.5) is 0 Å². The smallest absolute Gasteiger partial charge is 0.0947 e. The van der Waals surface area contributed by atoms with Gasteiger partial charge in [-0.15, -0.1) is 22.7 Å². The van der Waals surface area contributed by atoms with E-state index in [0.29, 0.717) is 0 Å². The average molecular weight is 294 g/mol. The zero-order chi connectivity index (χ0) is 14.2. The fraction of sp³-hybridized carbons (Fsp3) is 0.533. The zero-order valence-corrected chi connectivity index (χ0v) is 13.9. The maximum absolute atomic E-state index is 6.30. The number of nitrogens with two attached hydrogens (primary N) is 1. The lowest BCUT2D eigenvalue weighted by Crippen LogP contribution is -2.14. The van der Waals surface area contributed by atoms with Crippen molar-refractivity contribution < 1.29 is 0 Å². The maximum Gasteiger partial charge on any atom is 0.0947 e.